The van der Waals surface area contributed by atoms with Crippen molar-refractivity contribution in [3.8, 4) is 11.6 Å². The number of ether oxygens (including phenoxy) is 1. The van der Waals surface area contributed by atoms with Crippen LogP contribution in [0.15, 0.2) is 47.6 Å². The molecule has 30 heavy (non-hydrogen) atoms. The molecule has 6 nitrogen and oxygen atoms in total. The zero-order valence-corrected chi connectivity index (χ0v) is 20.7. The van der Waals surface area contributed by atoms with Crippen LogP contribution in [0.2, 0.25) is 0 Å². The second kappa shape index (κ2) is 13.4. The number of hydrogen-bond acceptors (Lipinski definition) is 4. The normalized spacial score (nSPS) is 11.6. The maximum absolute atomic E-state index is 13.2. The van der Waals surface area contributed by atoms with Gasteiger partial charge in [-0.3, -0.25) is 9.89 Å². The molecular formula is C22H33FIN5O. The first-order valence-electron chi connectivity index (χ1n) is 9.97. The Morgan fingerprint density at radius 2 is 1.87 bits per heavy atom. The van der Waals surface area contributed by atoms with Crippen LogP contribution in [0.4, 0.5) is 4.39 Å². The fourth-order valence-corrected chi connectivity index (χ4v) is 3.05. The van der Waals surface area contributed by atoms with E-state index in [0.717, 1.165) is 24.6 Å². The summed E-state index contributed by atoms with van der Waals surface area (Å²) in [5, 5.41) is 6.63. The minimum Gasteiger partial charge on any atom is -0.439 e. The van der Waals surface area contributed by atoms with Gasteiger partial charge in [0.1, 0.15) is 11.6 Å². The summed E-state index contributed by atoms with van der Waals surface area (Å²) in [6.07, 6.45) is 1.73. The van der Waals surface area contributed by atoms with Crippen LogP contribution in [0.5, 0.6) is 11.6 Å². The molecule has 0 bridgehead atoms. The molecule has 0 amide bonds. The molecule has 0 radical (unpaired) electrons. The SMILES string of the molecule is CN=C(NCCN(C(C)C)C(C)C)NCc1ccc(Oc2cccc(F)c2)nc1.I. The van der Waals surface area contributed by atoms with Crippen molar-refractivity contribution in [1.29, 1.82) is 0 Å². The van der Waals surface area contributed by atoms with Crippen molar-refractivity contribution in [2.45, 2.75) is 46.3 Å². The van der Waals surface area contributed by atoms with E-state index < -0.39 is 0 Å². The van der Waals surface area contributed by atoms with E-state index in [1.54, 1.807) is 31.4 Å². The predicted octanol–water partition coefficient (Wildman–Crippen LogP) is 4.41. The number of halogens is 2. The Hall–Kier alpha value is -1.94. The molecule has 0 spiro atoms. The number of rotatable bonds is 9. The molecule has 2 N–H and O–H groups in total. The number of nitrogens with one attached hydrogen (secondary N) is 2. The molecule has 0 aliphatic rings. The standard InChI is InChI=1S/C22H32FN5O.HI/c1-16(2)28(17(3)4)12-11-25-22(24-5)27-15-18-9-10-21(26-14-18)29-20-8-6-7-19(23)13-20;/h6-10,13-14,16-17H,11-12,15H2,1-5H3,(H2,24,25,27);1H. The van der Waals surface area contributed by atoms with Crippen molar-refractivity contribution in [2.75, 3.05) is 20.1 Å². The zero-order valence-electron chi connectivity index (χ0n) is 18.4. The molecule has 0 fully saturated rings. The van der Waals surface area contributed by atoms with Gasteiger partial charge in [0, 0.05) is 57.1 Å². The minimum atomic E-state index is -0.341. The molecule has 0 aliphatic carbocycles. The van der Waals surface area contributed by atoms with Gasteiger partial charge in [0.2, 0.25) is 5.88 Å². The number of nitrogens with zero attached hydrogens (tertiary/aromatic N) is 3. The first-order chi connectivity index (χ1) is 13.9. The van der Waals surface area contributed by atoms with Crippen LogP contribution in [0.25, 0.3) is 0 Å². The molecule has 0 unspecified atom stereocenters. The van der Waals surface area contributed by atoms with Crippen LogP contribution in [-0.2, 0) is 6.54 Å². The third kappa shape index (κ3) is 8.83. The van der Waals surface area contributed by atoms with Crippen molar-refractivity contribution in [3.05, 3.63) is 54.0 Å². The van der Waals surface area contributed by atoms with Crippen molar-refractivity contribution >= 4 is 29.9 Å². The van der Waals surface area contributed by atoms with Gasteiger partial charge in [-0.2, -0.15) is 0 Å². The Morgan fingerprint density at radius 1 is 1.13 bits per heavy atom. The highest BCUT2D eigenvalue weighted by Crippen LogP contribution is 2.19. The quantitative estimate of drug-likeness (QED) is 0.286. The van der Waals surface area contributed by atoms with Crippen molar-refractivity contribution in [2.24, 2.45) is 4.99 Å². The topological polar surface area (TPSA) is 61.8 Å². The van der Waals surface area contributed by atoms with Gasteiger partial charge in [0.05, 0.1) is 0 Å². The van der Waals surface area contributed by atoms with E-state index in [1.807, 2.05) is 6.07 Å². The highest BCUT2D eigenvalue weighted by Gasteiger charge is 2.12. The van der Waals surface area contributed by atoms with Gasteiger partial charge in [0.25, 0.3) is 0 Å². The first-order valence-corrected chi connectivity index (χ1v) is 9.97. The molecular weight excluding hydrogens is 496 g/mol. The summed E-state index contributed by atoms with van der Waals surface area (Å²) >= 11 is 0. The molecule has 0 aliphatic heterocycles. The third-order valence-corrected chi connectivity index (χ3v) is 4.49. The number of pyridine rings is 1. The number of guanidine groups is 1. The summed E-state index contributed by atoms with van der Waals surface area (Å²) in [7, 11) is 1.76. The fourth-order valence-electron chi connectivity index (χ4n) is 3.05. The van der Waals surface area contributed by atoms with Gasteiger partial charge in [-0.25, -0.2) is 9.37 Å². The molecule has 166 valence electrons. The molecule has 1 aromatic carbocycles. The molecule has 0 atom stereocenters. The maximum Gasteiger partial charge on any atom is 0.219 e. The third-order valence-electron chi connectivity index (χ3n) is 4.49. The summed E-state index contributed by atoms with van der Waals surface area (Å²) in [4.78, 5) is 11.0. The lowest BCUT2D eigenvalue weighted by Crippen LogP contribution is -2.45. The van der Waals surface area contributed by atoms with Crippen LogP contribution >= 0.6 is 24.0 Å². The van der Waals surface area contributed by atoms with Gasteiger partial charge < -0.3 is 15.4 Å². The lowest BCUT2D eigenvalue weighted by Gasteiger charge is -2.30. The lowest BCUT2D eigenvalue weighted by molar-refractivity contribution is 0.178. The van der Waals surface area contributed by atoms with Crippen LogP contribution < -0.4 is 15.4 Å². The summed E-state index contributed by atoms with van der Waals surface area (Å²) < 4.78 is 18.8. The van der Waals surface area contributed by atoms with Crippen molar-refractivity contribution in [3.63, 3.8) is 0 Å². The zero-order chi connectivity index (χ0) is 21.2. The Kier molecular flexibility index (Phi) is 11.6. The average Bonchev–Trinajstić information content (AvgIpc) is 2.68. The van der Waals surface area contributed by atoms with Gasteiger partial charge in [-0.1, -0.05) is 12.1 Å². The summed E-state index contributed by atoms with van der Waals surface area (Å²) in [5.74, 6) is 1.25. The number of aromatic nitrogens is 1. The van der Waals surface area contributed by atoms with Crippen molar-refractivity contribution < 1.29 is 9.13 Å². The molecule has 2 aromatic rings. The number of benzene rings is 1. The Morgan fingerprint density at radius 3 is 2.43 bits per heavy atom. The largest absolute Gasteiger partial charge is 0.439 e. The smallest absolute Gasteiger partial charge is 0.219 e. The van der Waals surface area contributed by atoms with Gasteiger partial charge in [-0.05, 0) is 45.4 Å². The summed E-state index contributed by atoms with van der Waals surface area (Å²) in [6.45, 7) is 11.2. The van der Waals surface area contributed by atoms with E-state index >= 15 is 0 Å². The van der Waals surface area contributed by atoms with Gasteiger partial charge in [0.15, 0.2) is 5.96 Å². The Labute approximate surface area is 196 Å². The maximum atomic E-state index is 13.2. The monoisotopic (exact) mass is 529 g/mol. The highest BCUT2D eigenvalue weighted by molar-refractivity contribution is 14.0. The number of aliphatic imine (C=N–C) groups is 1. The lowest BCUT2D eigenvalue weighted by atomic mass is 10.2. The van der Waals surface area contributed by atoms with Crippen LogP contribution in [0.1, 0.15) is 33.3 Å². The van der Waals surface area contributed by atoms with E-state index in [4.69, 9.17) is 4.74 Å². The molecule has 8 heteroatoms. The number of hydrogen-bond donors (Lipinski definition) is 2. The molecule has 0 saturated heterocycles. The average molecular weight is 529 g/mol. The molecule has 1 heterocycles. The Bertz CT molecular complexity index is 775. The predicted molar refractivity (Wildman–Crippen MR) is 131 cm³/mol. The van der Waals surface area contributed by atoms with Crippen LogP contribution in [0, 0.1) is 5.82 Å². The van der Waals surface area contributed by atoms with E-state index in [-0.39, 0.29) is 29.8 Å². The van der Waals surface area contributed by atoms with E-state index in [0.29, 0.717) is 30.3 Å². The minimum absolute atomic E-state index is 0. The second-order valence-electron chi connectivity index (χ2n) is 7.34. The molecule has 0 saturated carbocycles. The van der Waals surface area contributed by atoms with E-state index in [1.165, 1.54) is 12.1 Å². The van der Waals surface area contributed by atoms with E-state index in [2.05, 4.69) is 53.2 Å². The molecule has 2 rings (SSSR count). The van der Waals surface area contributed by atoms with Gasteiger partial charge >= 0.3 is 0 Å². The van der Waals surface area contributed by atoms with Crippen molar-refractivity contribution in [1.82, 2.24) is 20.5 Å². The van der Waals surface area contributed by atoms with Gasteiger partial charge in [-0.15, -0.1) is 24.0 Å². The fraction of sp³-hybridized carbons (Fsp3) is 0.455. The van der Waals surface area contributed by atoms with Crippen LogP contribution in [0.3, 0.4) is 0 Å². The second-order valence-corrected chi connectivity index (χ2v) is 7.34. The summed E-state index contributed by atoms with van der Waals surface area (Å²) in [5.41, 5.74) is 0.991. The Balaban J connectivity index is 0.00000450. The summed E-state index contributed by atoms with van der Waals surface area (Å²) in [6, 6.07) is 10.7. The van der Waals surface area contributed by atoms with Crippen LogP contribution in [-0.4, -0.2) is 48.1 Å². The molecule has 1 aromatic heterocycles. The van der Waals surface area contributed by atoms with E-state index in [9.17, 15) is 4.39 Å². The first kappa shape index (κ1) is 26.1. The highest BCUT2D eigenvalue weighted by atomic mass is 127.